The first kappa shape index (κ1) is 13.8. The highest BCUT2D eigenvalue weighted by atomic mass is 16.5. The van der Waals surface area contributed by atoms with Gasteiger partial charge in [0.25, 0.3) is 0 Å². The Labute approximate surface area is 113 Å². The van der Waals surface area contributed by atoms with Crippen LogP contribution in [0, 0.1) is 0 Å². The number of phenolic OH excluding ortho intramolecular Hbond substituents is 1. The minimum atomic E-state index is 0.132. The van der Waals surface area contributed by atoms with E-state index in [1.54, 1.807) is 12.1 Å². The van der Waals surface area contributed by atoms with Crippen LogP contribution in [0.2, 0.25) is 0 Å². The topological polar surface area (TPSA) is 53.0 Å². The zero-order chi connectivity index (χ0) is 13.8. The van der Waals surface area contributed by atoms with Crippen LogP contribution in [0.25, 0.3) is 0 Å². The van der Waals surface area contributed by atoms with E-state index in [9.17, 15) is 9.90 Å². The number of carbonyl (C=O) groups is 1. The predicted octanol–water partition coefficient (Wildman–Crippen LogP) is 0.961. The van der Waals surface area contributed by atoms with Crippen LogP contribution in [-0.4, -0.2) is 61.5 Å². The first-order valence-corrected chi connectivity index (χ1v) is 6.40. The van der Waals surface area contributed by atoms with Crippen LogP contribution in [0.5, 0.6) is 11.5 Å². The maximum atomic E-state index is 10.9. The summed E-state index contributed by atoms with van der Waals surface area (Å²) in [6, 6.07) is 3.28. The Bertz CT molecular complexity index is 454. The number of ether oxygens (including phenoxy) is 1. The highest BCUT2D eigenvalue weighted by molar-refractivity contribution is 5.77. The lowest BCUT2D eigenvalue weighted by Crippen LogP contribution is -2.43. The first-order valence-electron chi connectivity index (χ1n) is 6.40. The highest BCUT2D eigenvalue weighted by Gasteiger charge is 2.17. The van der Waals surface area contributed by atoms with Gasteiger partial charge >= 0.3 is 0 Å². The summed E-state index contributed by atoms with van der Waals surface area (Å²) >= 11 is 0. The van der Waals surface area contributed by atoms with Crippen molar-refractivity contribution in [2.75, 3.05) is 40.3 Å². The Hall–Kier alpha value is -1.59. The van der Waals surface area contributed by atoms with Gasteiger partial charge in [0.2, 0.25) is 0 Å². The largest absolute Gasteiger partial charge is 0.504 e. The number of piperazine rings is 1. The maximum Gasteiger partial charge on any atom is 0.162 e. The fourth-order valence-corrected chi connectivity index (χ4v) is 2.28. The van der Waals surface area contributed by atoms with Gasteiger partial charge in [-0.25, -0.2) is 0 Å². The second-order valence-corrected chi connectivity index (χ2v) is 4.93. The summed E-state index contributed by atoms with van der Waals surface area (Å²) in [7, 11) is 3.59. The lowest BCUT2D eigenvalue weighted by molar-refractivity contribution is 0.112. The molecule has 5 heteroatoms. The molecule has 1 fully saturated rings. The lowest BCUT2D eigenvalue weighted by atomic mass is 10.1. The lowest BCUT2D eigenvalue weighted by Gasteiger charge is -2.32. The zero-order valence-electron chi connectivity index (χ0n) is 11.4. The fourth-order valence-electron chi connectivity index (χ4n) is 2.28. The van der Waals surface area contributed by atoms with Crippen LogP contribution in [0.1, 0.15) is 15.9 Å². The van der Waals surface area contributed by atoms with Crippen molar-refractivity contribution in [1.82, 2.24) is 9.80 Å². The zero-order valence-corrected chi connectivity index (χ0v) is 11.4. The fraction of sp³-hybridized carbons (Fsp3) is 0.500. The molecule has 0 aliphatic carbocycles. The third-order valence-electron chi connectivity index (χ3n) is 3.52. The van der Waals surface area contributed by atoms with Gasteiger partial charge in [-0.15, -0.1) is 0 Å². The number of rotatable bonds is 4. The molecule has 1 aromatic carbocycles. The standard InChI is InChI=1S/C14H20N2O3/c1-15-3-5-16(6-4-15)9-12-7-11(10-17)8-13(19-2)14(12)18/h7-8,10,18H,3-6,9H2,1-2H3. The van der Waals surface area contributed by atoms with Gasteiger partial charge in [-0.05, 0) is 19.2 Å². The molecular formula is C14H20N2O3. The Morgan fingerprint density at radius 3 is 2.58 bits per heavy atom. The van der Waals surface area contributed by atoms with Crippen LogP contribution in [-0.2, 0) is 6.54 Å². The minimum absolute atomic E-state index is 0.132. The minimum Gasteiger partial charge on any atom is -0.504 e. The number of hydrogen-bond acceptors (Lipinski definition) is 5. The van der Waals surface area contributed by atoms with Crippen LogP contribution < -0.4 is 4.74 Å². The molecule has 0 spiro atoms. The van der Waals surface area contributed by atoms with Crippen molar-refractivity contribution in [3.05, 3.63) is 23.3 Å². The smallest absolute Gasteiger partial charge is 0.162 e. The molecule has 1 aromatic rings. The number of benzene rings is 1. The molecule has 2 rings (SSSR count). The Balaban J connectivity index is 2.17. The predicted molar refractivity (Wildman–Crippen MR) is 72.8 cm³/mol. The number of phenols is 1. The third kappa shape index (κ3) is 3.24. The molecule has 0 saturated carbocycles. The number of aromatic hydroxyl groups is 1. The van der Waals surface area contributed by atoms with E-state index in [0.717, 1.165) is 38.0 Å². The summed E-state index contributed by atoms with van der Waals surface area (Å²) in [4.78, 5) is 15.5. The van der Waals surface area contributed by atoms with E-state index in [1.807, 2.05) is 0 Å². The maximum absolute atomic E-state index is 10.9. The molecule has 0 radical (unpaired) electrons. The summed E-state index contributed by atoms with van der Waals surface area (Å²) in [6.45, 7) is 4.60. The Morgan fingerprint density at radius 2 is 2.00 bits per heavy atom. The van der Waals surface area contributed by atoms with Crippen LogP contribution in [0.3, 0.4) is 0 Å². The van der Waals surface area contributed by atoms with Crippen molar-refractivity contribution in [2.24, 2.45) is 0 Å². The molecule has 1 saturated heterocycles. The number of hydrogen-bond donors (Lipinski definition) is 1. The average molecular weight is 264 g/mol. The van der Waals surface area contributed by atoms with E-state index < -0.39 is 0 Å². The van der Waals surface area contributed by atoms with Gasteiger partial charge in [0, 0.05) is 43.9 Å². The molecule has 0 aromatic heterocycles. The number of methoxy groups -OCH3 is 1. The summed E-state index contributed by atoms with van der Waals surface area (Å²) in [5, 5.41) is 10.1. The van der Waals surface area contributed by atoms with E-state index in [-0.39, 0.29) is 5.75 Å². The molecule has 1 heterocycles. The van der Waals surface area contributed by atoms with E-state index in [0.29, 0.717) is 17.9 Å². The molecule has 0 bridgehead atoms. The van der Waals surface area contributed by atoms with Crippen molar-refractivity contribution in [1.29, 1.82) is 0 Å². The van der Waals surface area contributed by atoms with Gasteiger partial charge in [0.15, 0.2) is 11.5 Å². The quantitative estimate of drug-likeness (QED) is 0.821. The van der Waals surface area contributed by atoms with Gasteiger partial charge in [0.05, 0.1) is 7.11 Å². The molecule has 0 amide bonds. The Kier molecular flexibility index (Phi) is 4.39. The van der Waals surface area contributed by atoms with E-state index in [2.05, 4.69) is 16.8 Å². The van der Waals surface area contributed by atoms with Crippen molar-refractivity contribution in [2.45, 2.75) is 6.54 Å². The van der Waals surface area contributed by atoms with Gasteiger partial charge in [-0.3, -0.25) is 9.69 Å². The van der Waals surface area contributed by atoms with Crippen LogP contribution >= 0.6 is 0 Å². The number of nitrogens with zero attached hydrogens (tertiary/aromatic N) is 2. The first-order chi connectivity index (χ1) is 9.13. The van der Waals surface area contributed by atoms with Gasteiger partial charge in [0.1, 0.15) is 6.29 Å². The second kappa shape index (κ2) is 6.04. The summed E-state index contributed by atoms with van der Waals surface area (Å²) < 4.78 is 5.10. The normalized spacial score (nSPS) is 17.4. The molecule has 0 unspecified atom stereocenters. The molecular weight excluding hydrogens is 244 g/mol. The summed E-state index contributed by atoms with van der Waals surface area (Å²) in [5.74, 6) is 0.487. The van der Waals surface area contributed by atoms with Gasteiger partial charge in [-0.1, -0.05) is 0 Å². The van der Waals surface area contributed by atoms with Crippen LogP contribution in [0.15, 0.2) is 12.1 Å². The molecule has 1 N–H and O–H groups in total. The molecule has 19 heavy (non-hydrogen) atoms. The number of carbonyl (C=O) groups excluding carboxylic acids is 1. The number of aldehydes is 1. The summed E-state index contributed by atoms with van der Waals surface area (Å²) in [5.41, 5.74) is 1.27. The van der Waals surface area contributed by atoms with Crippen LogP contribution in [0.4, 0.5) is 0 Å². The molecule has 5 nitrogen and oxygen atoms in total. The van der Waals surface area contributed by atoms with Crippen molar-refractivity contribution in [3.8, 4) is 11.5 Å². The monoisotopic (exact) mass is 264 g/mol. The van der Waals surface area contributed by atoms with Crippen molar-refractivity contribution >= 4 is 6.29 Å². The van der Waals surface area contributed by atoms with Gasteiger partial charge < -0.3 is 14.7 Å². The molecule has 1 aliphatic rings. The SMILES string of the molecule is COc1cc(C=O)cc(CN2CCN(C)CC2)c1O. The van der Waals surface area contributed by atoms with E-state index in [1.165, 1.54) is 7.11 Å². The van der Waals surface area contributed by atoms with Crippen molar-refractivity contribution < 1.29 is 14.6 Å². The highest BCUT2D eigenvalue weighted by Crippen LogP contribution is 2.32. The third-order valence-corrected chi connectivity index (χ3v) is 3.52. The number of likely N-dealkylation sites (N-methyl/N-ethyl adjacent to an activating group) is 1. The molecule has 104 valence electrons. The van der Waals surface area contributed by atoms with Gasteiger partial charge in [-0.2, -0.15) is 0 Å². The second-order valence-electron chi connectivity index (χ2n) is 4.93. The Morgan fingerprint density at radius 1 is 1.32 bits per heavy atom. The van der Waals surface area contributed by atoms with E-state index in [4.69, 9.17) is 4.74 Å². The molecule has 0 atom stereocenters. The average Bonchev–Trinajstić information content (AvgIpc) is 2.43. The van der Waals surface area contributed by atoms with E-state index >= 15 is 0 Å². The van der Waals surface area contributed by atoms with Crippen molar-refractivity contribution in [3.63, 3.8) is 0 Å². The molecule has 1 aliphatic heterocycles. The summed E-state index contributed by atoms with van der Waals surface area (Å²) in [6.07, 6.45) is 0.773.